The van der Waals surface area contributed by atoms with Crippen molar-refractivity contribution in [1.82, 2.24) is 9.21 Å². The largest absolute Gasteiger partial charge is 0.458 e. The topological polar surface area (TPSA) is 69.4 Å². The van der Waals surface area contributed by atoms with Crippen molar-refractivity contribution in [3.05, 3.63) is 41.9 Å². The lowest BCUT2D eigenvalue weighted by molar-refractivity contribution is 0.250. The molecule has 148 valence electrons. The maximum Gasteiger partial charge on any atom is 0.267 e. The SMILES string of the molecule is Cc1ccc(C2=Nc3ccc(N4CCN5CCC4CC5)cc3S(=O)(=O)N2C)o1. The highest BCUT2D eigenvalue weighted by atomic mass is 32.2. The standard InChI is InChI=1S/C20H24N4O3S/c1-14-3-6-18(27-14)20-21-17-5-4-16(13-19(17)28(25,26)22(20)2)24-12-11-23-9-7-15(24)8-10-23/h3-6,13,15H,7-12H2,1-2H3. The summed E-state index contributed by atoms with van der Waals surface area (Å²) in [6.45, 7) is 6.04. The number of aliphatic imine (C=N–C) groups is 1. The molecule has 8 heteroatoms. The third-order valence-corrected chi connectivity index (χ3v) is 7.83. The number of hydrogen-bond donors (Lipinski definition) is 0. The van der Waals surface area contributed by atoms with E-state index in [1.54, 1.807) is 18.2 Å². The van der Waals surface area contributed by atoms with E-state index in [1.807, 2.05) is 19.1 Å². The Bertz CT molecular complexity index is 1050. The van der Waals surface area contributed by atoms with Gasteiger partial charge in [-0.2, -0.15) is 0 Å². The van der Waals surface area contributed by atoms with Gasteiger partial charge in [0, 0.05) is 45.0 Å². The van der Waals surface area contributed by atoms with Crippen molar-refractivity contribution in [2.45, 2.75) is 30.7 Å². The smallest absolute Gasteiger partial charge is 0.267 e. The number of nitrogens with zero attached hydrogens (tertiary/aromatic N) is 4. The summed E-state index contributed by atoms with van der Waals surface area (Å²) in [5.74, 6) is 1.49. The van der Waals surface area contributed by atoms with E-state index in [1.165, 1.54) is 11.4 Å². The second-order valence-corrected chi connectivity index (χ2v) is 9.67. The monoisotopic (exact) mass is 400 g/mol. The van der Waals surface area contributed by atoms with Crippen molar-refractivity contribution in [3.63, 3.8) is 0 Å². The average molecular weight is 401 g/mol. The van der Waals surface area contributed by atoms with E-state index in [-0.39, 0.29) is 4.90 Å². The lowest BCUT2D eigenvalue weighted by atomic mass is 10.0. The van der Waals surface area contributed by atoms with Crippen LogP contribution in [-0.4, -0.2) is 62.7 Å². The van der Waals surface area contributed by atoms with Crippen molar-refractivity contribution < 1.29 is 12.8 Å². The molecule has 1 aromatic carbocycles. The summed E-state index contributed by atoms with van der Waals surface area (Å²) in [6.07, 6.45) is 2.26. The Kier molecular flexibility index (Phi) is 4.03. The van der Waals surface area contributed by atoms with E-state index in [0.29, 0.717) is 23.3 Å². The fourth-order valence-corrected chi connectivity index (χ4v) is 5.72. The summed E-state index contributed by atoms with van der Waals surface area (Å²) in [4.78, 5) is 9.72. The molecule has 2 aromatic rings. The van der Waals surface area contributed by atoms with E-state index in [0.717, 1.165) is 50.5 Å². The number of benzene rings is 1. The highest BCUT2D eigenvalue weighted by Crippen LogP contribution is 2.37. The van der Waals surface area contributed by atoms with Crippen molar-refractivity contribution in [1.29, 1.82) is 0 Å². The van der Waals surface area contributed by atoms with E-state index < -0.39 is 10.0 Å². The van der Waals surface area contributed by atoms with E-state index in [4.69, 9.17) is 4.42 Å². The van der Waals surface area contributed by atoms with Gasteiger partial charge in [-0.25, -0.2) is 17.7 Å². The first kappa shape index (κ1) is 17.8. The molecule has 0 unspecified atom stereocenters. The first-order chi connectivity index (χ1) is 13.4. The molecule has 0 radical (unpaired) electrons. The van der Waals surface area contributed by atoms with E-state index >= 15 is 0 Å². The zero-order valence-electron chi connectivity index (χ0n) is 16.1. The number of anilines is 1. The molecule has 5 heterocycles. The van der Waals surface area contributed by atoms with Gasteiger partial charge in [0.25, 0.3) is 10.0 Å². The van der Waals surface area contributed by atoms with Gasteiger partial charge in [0.15, 0.2) is 11.6 Å². The molecule has 4 aliphatic rings. The van der Waals surface area contributed by atoms with Crippen molar-refractivity contribution in [2.24, 2.45) is 4.99 Å². The minimum absolute atomic E-state index is 0.263. The Morgan fingerprint density at radius 3 is 2.57 bits per heavy atom. The van der Waals surface area contributed by atoms with Crippen LogP contribution in [0.4, 0.5) is 11.4 Å². The molecule has 0 amide bonds. The van der Waals surface area contributed by atoms with Gasteiger partial charge in [-0.15, -0.1) is 0 Å². The fourth-order valence-electron chi connectivity index (χ4n) is 4.42. The normalized spacial score (nSPS) is 26.0. The summed E-state index contributed by atoms with van der Waals surface area (Å²) < 4.78 is 33.3. The Morgan fingerprint density at radius 1 is 1.07 bits per heavy atom. The van der Waals surface area contributed by atoms with E-state index in [2.05, 4.69) is 14.8 Å². The molecule has 3 fully saturated rings. The van der Waals surface area contributed by atoms with Gasteiger partial charge in [0.05, 0.1) is 5.69 Å². The Labute approximate surface area is 165 Å². The molecule has 0 spiro atoms. The van der Waals surface area contributed by atoms with Gasteiger partial charge in [0.1, 0.15) is 10.7 Å². The van der Waals surface area contributed by atoms with Gasteiger partial charge in [-0.05, 0) is 50.1 Å². The summed E-state index contributed by atoms with van der Waals surface area (Å²) in [5, 5.41) is 0. The number of piperidine rings is 1. The van der Waals surface area contributed by atoms with Gasteiger partial charge < -0.3 is 14.2 Å². The van der Waals surface area contributed by atoms with Crippen molar-refractivity contribution in [2.75, 3.05) is 38.1 Å². The van der Waals surface area contributed by atoms with Gasteiger partial charge in [0.2, 0.25) is 0 Å². The number of fused-ring (bicyclic) bond motifs is 5. The first-order valence-electron chi connectivity index (χ1n) is 9.71. The summed E-state index contributed by atoms with van der Waals surface area (Å²) >= 11 is 0. The number of rotatable bonds is 2. The van der Waals surface area contributed by atoms with Crippen LogP contribution in [0.25, 0.3) is 0 Å². The number of aryl methyl sites for hydroxylation is 1. The molecule has 4 aliphatic heterocycles. The Hall–Kier alpha value is -2.32. The molecule has 0 atom stereocenters. The third kappa shape index (κ3) is 2.74. The molecular weight excluding hydrogens is 376 g/mol. The predicted molar refractivity (Wildman–Crippen MR) is 108 cm³/mol. The number of furan rings is 1. The molecule has 0 saturated carbocycles. The highest BCUT2D eigenvalue weighted by Gasteiger charge is 2.35. The Morgan fingerprint density at radius 2 is 1.86 bits per heavy atom. The minimum Gasteiger partial charge on any atom is -0.458 e. The molecule has 0 aliphatic carbocycles. The number of hydrogen-bond acceptors (Lipinski definition) is 6. The maximum absolute atomic E-state index is 13.2. The van der Waals surface area contributed by atoms with Crippen molar-refractivity contribution >= 4 is 27.2 Å². The molecule has 3 saturated heterocycles. The maximum atomic E-state index is 13.2. The molecule has 6 rings (SSSR count). The van der Waals surface area contributed by atoms with Crippen LogP contribution in [0.2, 0.25) is 0 Å². The molecular formula is C20H24N4O3S. The van der Waals surface area contributed by atoms with Crippen LogP contribution in [0, 0.1) is 6.92 Å². The zero-order valence-corrected chi connectivity index (χ0v) is 16.9. The van der Waals surface area contributed by atoms with Gasteiger partial charge >= 0.3 is 0 Å². The van der Waals surface area contributed by atoms with Gasteiger partial charge in [-0.3, -0.25) is 0 Å². The summed E-state index contributed by atoms with van der Waals surface area (Å²) in [5.41, 5.74) is 1.44. The van der Waals surface area contributed by atoms with Crippen LogP contribution in [0.15, 0.2) is 44.6 Å². The molecule has 2 bridgehead atoms. The van der Waals surface area contributed by atoms with Crippen LogP contribution in [0.5, 0.6) is 0 Å². The lowest BCUT2D eigenvalue weighted by Crippen LogP contribution is -2.38. The zero-order chi connectivity index (χ0) is 19.5. The van der Waals surface area contributed by atoms with Crippen LogP contribution in [-0.2, 0) is 10.0 Å². The predicted octanol–water partition coefficient (Wildman–Crippen LogP) is 2.58. The highest BCUT2D eigenvalue weighted by molar-refractivity contribution is 7.90. The molecule has 0 N–H and O–H groups in total. The average Bonchev–Trinajstić information content (AvgIpc) is 2.90. The third-order valence-electron chi connectivity index (χ3n) is 6.05. The summed E-state index contributed by atoms with van der Waals surface area (Å²) in [6, 6.07) is 9.66. The number of sulfonamides is 1. The number of amidine groups is 1. The van der Waals surface area contributed by atoms with Crippen LogP contribution in [0.3, 0.4) is 0 Å². The van der Waals surface area contributed by atoms with Crippen LogP contribution < -0.4 is 4.90 Å². The summed E-state index contributed by atoms with van der Waals surface area (Å²) in [7, 11) is -2.16. The van der Waals surface area contributed by atoms with Crippen molar-refractivity contribution in [3.8, 4) is 0 Å². The second kappa shape index (κ2) is 6.35. The minimum atomic E-state index is -3.69. The molecule has 1 aromatic heterocycles. The lowest BCUT2D eigenvalue weighted by Gasteiger charge is -2.34. The van der Waals surface area contributed by atoms with E-state index in [9.17, 15) is 8.42 Å². The Balaban J connectivity index is 1.58. The first-order valence-corrected chi connectivity index (χ1v) is 11.1. The molecule has 28 heavy (non-hydrogen) atoms. The quantitative estimate of drug-likeness (QED) is 0.775. The second-order valence-electron chi connectivity index (χ2n) is 7.74. The molecule has 7 nitrogen and oxygen atoms in total. The van der Waals surface area contributed by atoms with Crippen LogP contribution >= 0.6 is 0 Å². The van der Waals surface area contributed by atoms with Crippen LogP contribution in [0.1, 0.15) is 24.4 Å². The fraction of sp³-hybridized carbons (Fsp3) is 0.450. The van der Waals surface area contributed by atoms with Gasteiger partial charge in [-0.1, -0.05) is 0 Å².